The Morgan fingerprint density at radius 2 is 2.10 bits per heavy atom. The summed E-state index contributed by atoms with van der Waals surface area (Å²) in [6, 6.07) is 8.36. The number of rotatable bonds is 8. The van der Waals surface area contributed by atoms with Gasteiger partial charge >= 0.3 is 5.97 Å². The van der Waals surface area contributed by atoms with E-state index in [1.165, 1.54) is 43.2 Å². The normalized spacial score (nSPS) is 22.2. The molecule has 2 aromatic heterocycles. The lowest BCUT2D eigenvalue weighted by Gasteiger charge is -2.46. The van der Waals surface area contributed by atoms with Crippen molar-refractivity contribution in [3.05, 3.63) is 52.0 Å². The van der Waals surface area contributed by atoms with Gasteiger partial charge < -0.3 is 14.8 Å². The maximum atomic E-state index is 11.1. The first kappa shape index (κ1) is 24.2. The van der Waals surface area contributed by atoms with Gasteiger partial charge in [-0.05, 0) is 62.2 Å². The van der Waals surface area contributed by atoms with Gasteiger partial charge in [0.05, 0.1) is 5.60 Å². The lowest BCUT2D eigenvalue weighted by Crippen LogP contribution is -2.47. The summed E-state index contributed by atoms with van der Waals surface area (Å²) < 4.78 is 11.5. The topological polar surface area (TPSA) is 60.5 Å². The zero-order chi connectivity index (χ0) is 20.9. The molecule has 1 spiro atoms. The zero-order valence-electron chi connectivity index (χ0n) is 18.2. The molecule has 1 unspecified atom stereocenters. The molecule has 1 N–H and O–H groups in total. The first-order valence-electron chi connectivity index (χ1n) is 11.1. The van der Waals surface area contributed by atoms with Gasteiger partial charge in [-0.1, -0.05) is 18.9 Å². The number of nitrogens with one attached hydrogen (secondary N) is 1. The molecule has 1 aliphatic carbocycles. The number of nitrogens with zero attached hydrogens (tertiary/aromatic N) is 1. The van der Waals surface area contributed by atoms with Crippen LogP contribution in [0.25, 0.3) is 0 Å². The van der Waals surface area contributed by atoms with Crippen LogP contribution in [0.3, 0.4) is 0 Å². The Labute approximate surface area is 195 Å². The second kappa shape index (κ2) is 10.9. The lowest BCUT2D eigenvalue weighted by atomic mass is 9.68. The van der Waals surface area contributed by atoms with Gasteiger partial charge in [-0.2, -0.15) is 0 Å². The molecule has 0 aromatic carbocycles. The first-order chi connectivity index (χ1) is 14.6. The van der Waals surface area contributed by atoms with Crippen molar-refractivity contribution in [3.63, 3.8) is 0 Å². The number of ether oxygens (including phenoxy) is 2. The molecular formula is C24H33ClN2O3S. The highest BCUT2D eigenvalue weighted by molar-refractivity contribution is 7.10. The predicted octanol–water partition coefficient (Wildman–Crippen LogP) is 5.17. The third-order valence-electron chi connectivity index (χ3n) is 6.71. The van der Waals surface area contributed by atoms with Crippen LogP contribution >= 0.6 is 23.7 Å². The van der Waals surface area contributed by atoms with Crippen LogP contribution in [0.5, 0.6) is 0 Å². The molecule has 170 valence electrons. The molecule has 5 nitrogen and oxygen atoms in total. The number of halogens is 1. The molecular weight excluding hydrogens is 432 g/mol. The van der Waals surface area contributed by atoms with Crippen LogP contribution in [0, 0.1) is 0 Å². The Balaban J connectivity index is 0.00000272. The number of pyridine rings is 1. The van der Waals surface area contributed by atoms with Crippen molar-refractivity contribution in [2.75, 3.05) is 13.2 Å². The quantitative estimate of drug-likeness (QED) is 0.431. The minimum absolute atomic E-state index is 0. The molecule has 1 saturated heterocycles. The Hall–Kier alpha value is -1.47. The van der Waals surface area contributed by atoms with E-state index >= 15 is 0 Å². The molecule has 2 fully saturated rings. The number of carbonyl (C=O) groups is 1. The van der Waals surface area contributed by atoms with Gasteiger partial charge in [-0.25, -0.2) is 0 Å². The Morgan fingerprint density at radius 3 is 2.84 bits per heavy atom. The molecule has 2 aliphatic rings. The first-order valence-corrected chi connectivity index (χ1v) is 11.9. The third-order valence-corrected chi connectivity index (χ3v) is 7.67. The van der Waals surface area contributed by atoms with Crippen LogP contribution in [0.2, 0.25) is 0 Å². The van der Waals surface area contributed by atoms with Crippen molar-refractivity contribution in [2.24, 2.45) is 0 Å². The number of carbonyl (C=O) groups excluding carboxylic acids is 1. The number of thiophene rings is 1. The summed E-state index contributed by atoms with van der Waals surface area (Å²) in [5, 5.41) is 5.70. The van der Waals surface area contributed by atoms with E-state index in [1.54, 1.807) is 11.3 Å². The van der Waals surface area contributed by atoms with Crippen molar-refractivity contribution >= 4 is 29.7 Å². The Kier molecular flexibility index (Phi) is 8.50. The smallest absolute Gasteiger partial charge is 0.302 e. The summed E-state index contributed by atoms with van der Waals surface area (Å²) in [5.41, 5.74) is 2.44. The van der Waals surface area contributed by atoms with Gasteiger partial charge in [0.1, 0.15) is 6.61 Å². The third kappa shape index (κ3) is 5.86. The maximum Gasteiger partial charge on any atom is 0.302 e. The predicted molar refractivity (Wildman–Crippen MR) is 126 cm³/mol. The summed E-state index contributed by atoms with van der Waals surface area (Å²) in [5.74, 6) is -0.238. The second-order valence-electron chi connectivity index (χ2n) is 8.74. The Morgan fingerprint density at radius 1 is 1.26 bits per heavy atom. The van der Waals surface area contributed by atoms with E-state index in [0.717, 1.165) is 44.5 Å². The summed E-state index contributed by atoms with van der Waals surface area (Å²) in [6.07, 6.45) is 10.0. The molecule has 4 rings (SSSR count). The van der Waals surface area contributed by atoms with Crippen LogP contribution in [-0.4, -0.2) is 29.7 Å². The lowest BCUT2D eigenvalue weighted by molar-refractivity contribution is -0.142. The fraction of sp³-hybridized carbons (Fsp3) is 0.583. The number of hydrogen-bond acceptors (Lipinski definition) is 6. The van der Waals surface area contributed by atoms with E-state index < -0.39 is 0 Å². The van der Waals surface area contributed by atoms with Gasteiger partial charge in [0, 0.05) is 47.8 Å². The fourth-order valence-electron chi connectivity index (χ4n) is 5.16. The van der Waals surface area contributed by atoms with E-state index in [-0.39, 0.29) is 29.4 Å². The summed E-state index contributed by atoms with van der Waals surface area (Å²) in [6.45, 7) is 4.36. The number of aromatic nitrogens is 1. The van der Waals surface area contributed by atoms with Crippen molar-refractivity contribution in [2.45, 2.75) is 76.0 Å². The van der Waals surface area contributed by atoms with Gasteiger partial charge in [0.15, 0.2) is 0 Å². The molecule has 1 saturated carbocycles. The van der Waals surface area contributed by atoms with Crippen molar-refractivity contribution < 1.29 is 14.3 Å². The van der Waals surface area contributed by atoms with Gasteiger partial charge in [-0.15, -0.1) is 23.7 Å². The molecule has 1 aliphatic heterocycles. The molecule has 31 heavy (non-hydrogen) atoms. The van der Waals surface area contributed by atoms with Crippen molar-refractivity contribution in [3.8, 4) is 0 Å². The van der Waals surface area contributed by atoms with Gasteiger partial charge in [0.2, 0.25) is 0 Å². The van der Waals surface area contributed by atoms with E-state index in [1.807, 2.05) is 18.3 Å². The SMILES string of the molecule is CC(=O)OCc1ccsc1CNCCC1(c2ccccn2)CCOC2(CCCC2)C1.Cl. The van der Waals surface area contributed by atoms with Crippen LogP contribution in [-0.2, 0) is 32.8 Å². The van der Waals surface area contributed by atoms with Crippen molar-refractivity contribution in [1.29, 1.82) is 0 Å². The second-order valence-corrected chi connectivity index (χ2v) is 9.74. The van der Waals surface area contributed by atoms with E-state index in [2.05, 4.69) is 22.8 Å². The summed E-state index contributed by atoms with van der Waals surface area (Å²) >= 11 is 1.71. The monoisotopic (exact) mass is 464 g/mol. The summed E-state index contributed by atoms with van der Waals surface area (Å²) in [7, 11) is 0. The Bertz CT molecular complexity index is 838. The number of hydrogen-bond donors (Lipinski definition) is 1. The minimum atomic E-state index is -0.238. The highest BCUT2D eigenvalue weighted by atomic mass is 35.5. The highest BCUT2D eigenvalue weighted by Crippen LogP contribution is 2.49. The average Bonchev–Trinajstić information content (AvgIpc) is 3.40. The molecule has 0 amide bonds. The highest BCUT2D eigenvalue weighted by Gasteiger charge is 2.48. The van der Waals surface area contributed by atoms with E-state index in [9.17, 15) is 4.79 Å². The van der Waals surface area contributed by atoms with Crippen LogP contribution < -0.4 is 5.32 Å². The molecule has 3 heterocycles. The molecule has 0 bridgehead atoms. The maximum absolute atomic E-state index is 11.1. The van der Waals surface area contributed by atoms with Crippen LogP contribution in [0.1, 0.15) is 68.0 Å². The molecule has 7 heteroatoms. The van der Waals surface area contributed by atoms with Crippen LogP contribution in [0.4, 0.5) is 0 Å². The fourth-order valence-corrected chi connectivity index (χ4v) is 6.02. The zero-order valence-corrected chi connectivity index (χ0v) is 19.9. The van der Waals surface area contributed by atoms with E-state index in [0.29, 0.717) is 6.61 Å². The summed E-state index contributed by atoms with van der Waals surface area (Å²) in [4.78, 5) is 17.1. The van der Waals surface area contributed by atoms with Crippen molar-refractivity contribution in [1.82, 2.24) is 10.3 Å². The van der Waals surface area contributed by atoms with Crippen LogP contribution in [0.15, 0.2) is 35.8 Å². The molecule has 2 aromatic rings. The average molecular weight is 465 g/mol. The number of esters is 1. The van der Waals surface area contributed by atoms with Gasteiger partial charge in [0.25, 0.3) is 0 Å². The standard InChI is InChI=1S/C24H32N2O3S.ClH/c1-19(27)28-17-20-7-15-30-21(20)16-25-13-10-23(22-6-2-5-12-26-22)11-14-29-24(18-23)8-3-4-9-24;/h2,5-7,12,15,25H,3-4,8-11,13-14,16-18H2,1H3;1H. The minimum Gasteiger partial charge on any atom is -0.461 e. The van der Waals surface area contributed by atoms with E-state index in [4.69, 9.17) is 14.5 Å². The molecule has 0 radical (unpaired) electrons. The molecule has 1 atom stereocenters. The van der Waals surface area contributed by atoms with Gasteiger partial charge in [-0.3, -0.25) is 9.78 Å². The largest absolute Gasteiger partial charge is 0.461 e.